The van der Waals surface area contributed by atoms with Crippen LogP contribution in [0.5, 0.6) is 0 Å². The van der Waals surface area contributed by atoms with Gasteiger partial charge in [0.05, 0.1) is 33.7 Å². The van der Waals surface area contributed by atoms with Crippen LogP contribution in [0.3, 0.4) is 0 Å². The Morgan fingerprint density at radius 2 is 1.95 bits per heavy atom. The number of anilines is 1. The molecule has 0 aromatic heterocycles. The summed E-state index contributed by atoms with van der Waals surface area (Å²) in [4.78, 5) is 65.9. The second-order valence-electron chi connectivity index (χ2n) is 9.27. The van der Waals surface area contributed by atoms with Gasteiger partial charge in [0.1, 0.15) is 6.04 Å². The highest BCUT2D eigenvalue weighted by molar-refractivity contribution is 6.05. The average Bonchev–Trinajstić information content (AvgIpc) is 3.47. The number of primary amides is 1. The minimum absolute atomic E-state index is 0.00510. The number of non-ortho nitro benzene ring substituents is 1. The Labute approximate surface area is 221 Å². The summed E-state index contributed by atoms with van der Waals surface area (Å²) in [6.45, 7) is 2.88. The van der Waals surface area contributed by atoms with Crippen LogP contribution in [-0.2, 0) is 14.4 Å². The topological polar surface area (TPSA) is 200 Å². The van der Waals surface area contributed by atoms with E-state index in [9.17, 15) is 34.6 Å². The fourth-order valence-corrected chi connectivity index (χ4v) is 4.75. The van der Waals surface area contributed by atoms with E-state index in [-0.39, 0.29) is 36.4 Å². The van der Waals surface area contributed by atoms with Gasteiger partial charge in [-0.2, -0.15) is 0 Å². The number of nitrogens with two attached hydrogens (primary N) is 1. The SMILES string of the molecule is CC=CC(=O)Nc1cccc(C2=NOC3(C2)CC(C(N)=O)N(C(=O)c2cc([N+](=O)[O-])cc([N+](=O)[O-])c2C)C3)c1. The fourth-order valence-electron chi connectivity index (χ4n) is 4.75. The van der Waals surface area contributed by atoms with Gasteiger partial charge < -0.3 is 20.8 Å². The van der Waals surface area contributed by atoms with Gasteiger partial charge in [0.2, 0.25) is 11.8 Å². The summed E-state index contributed by atoms with van der Waals surface area (Å²) in [6, 6.07) is 7.48. The summed E-state index contributed by atoms with van der Waals surface area (Å²) >= 11 is 0. The molecule has 39 heavy (non-hydrogen) atoms. The van der Waals surface area contributed by atoms with Crippen LogP contribution in [0.2, 0.25) is 0 Å². The first-order valence-electron chi connectivity index (χ1n) is 11.8. The third kappa shape index (κ3) is 5.30. The van der Waals surface area contributed by atoms with Crippen molar-refractivity contribution in [3.63, 3.8) is 0 Å². The predicted molar refractivity (Wildman–Crippen MR) is 138 cm³/mol. The number of nitrogens with one attached hydrogen (secondary N) is 1. The summed E-state index contributed by atoms with van der Waals surface area (Å²) < 4.78 is 0. The maximum atomic E-state index is 13.6. The van der Waals surface area contributed by atoms with Crippen molar-refractivity contribution < 1.29 is 29.1 Å². The average molecular weight is 537 g/mol. The van der Waals surface area contributed by atoms with Crippen LogP contribution in [0, 0.1) is 27.2 Å². The first-order valence-corrected chi connectivity index (χ1v) is 11.8. The Bertz CT molecular complexity index is 1470. The quantitative estimate of drug-likeness (QED) is 0.305. The van der Waals surface area contributed by atoms with Crippen LogP contribution in [0.15, 0.2) is 53.7 Å². The third-order valence-corrected chi connectivity index (χ3v) is 6.61. The number of hydrogen-bond donors (Lipinski definition) is 2. The van der Waals surface area contributed by atoms with E-state index in [2.05, 4.69) is 10.5 Å². The molecule has 2 aliphatic heterocycles. The number of nitro benzene ring substituents is 2. The number of amides is 3. The number of hydrogen-bond acceptors (Lipinski definition) is 9. The molecular weight excluding hydrogens is 512 g/mol. The minimum Gasteiger partial charge on any atom is -0.387 e. The molecule has 1 saturated heterocycles. The van der Waals surface area contributed by atoms with Crippen molar-refractivity contribution in [2.75, 3.05) is 11.9 Å². The number of nitrogens with zero attached hydrogens (tertiary/aromatic N) is 4. The molecule has 1 fully saturated rings. The van der Waals surface area contributed by atoms with Crippen LogP contribution in [0.4, 0.5) is 17.1 Å². The van der Waals surface area contributed by atoms with Gasteiger partial charge in [0, 0.05) is 35.7 Å². The zero-order valence-electron chi connectivity index (χ0n) is 20.9. The van der Waals surface area contributed by atoms with E-state index >= 15 is 0 Å². The molecule has 1 spiro atoms. The van der Waals surface area contributed by atoms with Crippen molar-refractivity contribution in [1.29, 1.82) is 0 Å². The van der Waals surface area contributed by atoms with Crippen LogP contribution in [-0.4, -0.2) is 56.4 Å². The number of nitro groups is 2. The molecule has 2 aromatic carbocycles. The van der Waals surface area contributed by atoms with E-state index in [1.165, 1.54) is 13.0 Å². The molecule has 3 amide bonds. The number of carbonyl (C=O) groups excluding carboxylic acids is 3. The van der Waals surface area contributed by atoms with Crippen molar-refractivity contribution in [3.8, 4) is 0 Å². The van der Waals surface area contributed by atoms with E-state index in [1.54, 1.807) is 37.3 Å². The lowest BCUT2D eigenvalue weighted by molar-refractivity contribution is -0.394. The van der Waals surface area contributed by atoms with Crippen molar-refractivity contribution >= 4 is 40.5 Å². The van der Waals surface area contributed by atoms with E-state index in [0.717, 1.165) is 17.0 Å². The van der Waals surface area contributed by atoms with Gasteiger partial charge >= 0.3 is 0 Å². The van der Waals surface area contributed by atoms with Crippen molar-refractivity contribution in [2.45, 2.75) is 38.3 Å². The molecule has 2 aliphatic rings. The first kappa shape index (κ1) is 26.9. The summed E-state index contributed by atoms with van der Waals surface area (Å²) in [6.07, 6.45) is 3.17. The molecular formula is C25H24N6O8. The number of rotatable bonds is 7. The number of benzene rings is 2. The maximum absolute atomic E-state index is 13.6. The second kappa shape index (κ2) is 10.3. The lowest BCUT2D eigenvalue weighted by Gasteiger charge is -2.23. The molecule has 0 radical (unpaired) electrons. The molecule has 0 saturated carbocycles. The van der Waals surface area contributed by atoms with Gasteiger partial charge in [-0.1, -0.05) is 23.4 Å². The molecule has 14 heteroatoms. The Morgan fingerprint density at radius 3 is 2.59 bits per heavy atom. The maximum Gasteiger partial charge on any atom is 0.279 e. The number of likely N-dealkylation sites (tertiary alicyclic amines) is 1. The Balaban J connectivity index is 1.61. The van der Waals surface area contributed by atoms with Crippen LogP contribution < -0.4 is 11.1 Å². The highest BCUT2D eigenvalue weighted by atomic mass is 16.7. The third-order valence-electron chi connectivity index (χ3n) is 6.61. The van der Waals surface area contributed by atoms with Gasteiger partial charge in [-0.3, -0.25) is 34.6 Å². The molecule has 2 unspecified atom stereocenters. The number of carbonyl (C=O) groups is 3. The van der Waals surface area contributed by atoms with Crippen molar-refractivity contribution in [3.05, 3.63) is 85.5 Å². The van der Waals surface area contributed by atoms with Gasteiger partial charge in [0.15, 0.2) is 5.60 Å². The minimum atomic E-state index is -1.14. The molecule has 3 N–H and O–H groups in total. The lowest BCUT2D eigenvalue weighted by Crippen LogP contribution is -2.44. The second-order valence-corrected chi connectivity index (χ2v) is 9.27. The Hall–Kier alpha value is -5.14. The van der Waals surface area contributed by atoms with Crippen molar-refractivity contribution in [2.24, 2.45) is 10.9 Å². The van der Waals surface area contributed by atoms with Gasteiger partial charge in [-0.15, -0.1) is 0 Å². The highest BCUT2D eigenvalue weighted by Crippen LogP contribution is 2.40. The van der Waals surface area contributed by atoms with Gasteiger partial charge in [-0.05, 0) is 32.1 Å². The lowest BCUT2D eigenvalue weighted by atomic mass is 9.91. The van der Waals surface area contributed by atoms with Crippen LogP contribution in [0.25, 0.3) is 0 Å². The molecule has 2 aromatic rings. The largest absolute Gasteiger partial charge is 0.387 e. The molecule has 0 bridgehead atoms. The Kier molecular flexibility index (Phi) is 7.12. The standard InChI is InChI=1S/C25H24N6O8/c1-3-5-22(32)27-16-7-4-6-15(8-16)19-11-25(39-28-19)12-21(23(26)33)29(13-25)24(34)18-9-17(30(35)36)10-20(14(18)2)31(37)38/h3-10,21H,11-13H2,1-2H3,(H2,26,33)(H,27,32). The normalized spacial score (nSPS) is 20.1. The van der Waals surface area contributed by atoms with Gasteiger partial charge in [0.25, 0.3) is 17.3 Å². The molecule has 2 heterocycles. The number of allylic oxidation sites excluding steroid dienone is 1. The molecule has 202 valence electrons. The highest BCUT2D eigenvalue weighted by Gasteiger charge is 2.53. The summed E-state index contributed by atoms with van der Waals surface area (Å²) in [5.41, 5.74) is 4.57. The van der Waals surface area contributed by atoms with Crippen LogP contribution in [0.1, 0.15) is 41.3 Å². The first-order chi connectivity index (χ1) is 18.4. The summed E-state index contributed by atoms with van der Waals surface area (Å²) in [7, 11) is 0. The van der Waals surface area contributed by atoms with Crippen LogP contribution >= 0.6 is 0 Å². The molecule has 0 aliphatic carbocycles. The van der Waals surface area contributed by atoms with E-state index in [0.29, 0.717) is 17.0 Å². The predicted octanol–water partition coefficient (Wildman–Crippen LogP) is 2.59. The fraction of sp³-hybridized carbons (Fsp3) is 0.280. The monoisotopic (exact) mass is 536 g/mol. The molecule has 4 rings (SSSR count). The van der Waals surface area contributed by atoms with E-state index in [1.807, 2.05) is 0 Å². The van der Waals surface area contributed by atoms with Gasteiger partial charge in [-0.25, -0.2) is 0 Å². The van der Waals surface area contributed by atoms with E-state index in [4.69, 9.17) is 10.6 Å². The Morgan fingerprint density at radius 1 is 1.21 bits per heavy atom. The van der Waals surface area contributed by atoms with Crippen molar-refractivity contribution in [1.82, 2.24) is 4.90 Å². The smallest absolute Gasteiger partial charge is 0.279 e. The molecule has 14 nitrogen and oxygen atoms in total. The zero-order valence-corrected chi connectivity index (χ0v) is 20.9. The number of oxime groups is 1. The molecule has 2 atom stereocenters. The summed E-state index contributed by atoms with van der Waals surface area (Å²) in [5, 5.41) is 29.7. The summed E-state index contributed by atoms with van der Waals surface area (Å²) in [5.74, 6) is -1.96. The zero-order chi connectivity index (χ0) is 28.5. The van der Waals surface area contributed by atoms with E-state index < -0.39 is 44.7 Å².